The number of anilines is 8. The minimum Gasteiger partial charge on any atom is -0.497 e. The highest BCUT2D eigenvalue weighted by molar-refractivity contribution is 5.95. The molecule has 0 radical (unpaired) electrons. The Kier molecular flexibility index (Phi) is 24.5. The van der Waals surface area contributed by atoms with Crippen LogP contribution in [0.3, 0.4) is 0 Å². The summed E-state index contributed by atoms with van der Waals surface area (Å²) in [7, 11) is 15.0. The number of methoxy groups -OCH3 is 7. The molecule has 0 aliphatic carbocycles. The van der Waals surface area contributed by atoms with E-state index in [4.69, 9.17) is 48.1 Å². The summed E-state index contributed by atoms with van der Waals surface area (Å²) in [5, 5.41) is 20.3. The van der Waals surface area contributed by atoms with Crippen molar-refractivity contribution in [3.63, 3.8) is 0 Å². The van der Waals surface area contributed by atoms with E-state index in [1.165, 1.54) is 6.07 Å². The van der Waals surface area contributed by atoms with Crippen LogP contribution in [0.2, 0.25) is 0 Å². The average molecular weight is 1580 g/mol. The predicted octanol–water partition coefficient (Wildman–Crippen LogP) is 17.0. The first-order valence-electron chi connectivity index (χ1n) is 37.1. The Balaban J connectivity index is 0.000000130. The molecule has 7 aromatic carbocycles. The van der Waals surface area contributed by atoms with E-state index in [1.807, 2.05) is 239 Å². The number of para-hydroxylation sites is 2. The summed E-state index contributed by atoms with van der Waals surface area (Å²) in [4.78, 5) is 59.8. The van der Waals surface area contributed by atoms with Crippen molar-refractivity contribution in [2.75, 3.05) is 98.2 Å². The summed E-state index contributed by atoms with van der Waals surface area (Å²) in [6, 6.07) is 58.6. The molecular weight excluding hydrogens is 1500 g/mol. The van der Waals surface area contributed by atoms with Crippen LogP contribution in [-0.2, 0) is 0 Å². The highest BCUT2D eigenvalue weighted by Gasteiger charge is 2.20. The van der Waals surface area contributed by atoms with E-state index in [9.17, 15) is 9.18 Å². The first-order chi connectivity index (χ1) is 57.6. The molecule has 0 unspecified atom stereocenters. The molecule has 118 heavy (non-hydrogen) atoms. The molecular formula is C89H83FN20O8. The lowest BCUT2D eigenvalue weighted by atomic mass is 10.2. The molecule has 0 fully saturated rings. The number of fused-ring (bicyclic) bond motifs is 5. The molecule has 0 atom stereocenters. The number of aryl methyl sites for hydroxylation is 1. The van der Waals surface area contributed by atoms with E-state index in [1.54, 1.807) is 105 Å². The average Bonchev–Trinajstić information content (AvgIpc) is 1.53. The molecule has 0 aliphatic heterocycles. The lowest BCUT2D eigenvalue weighted by Gasteiger charge is -2.14. The Bertz CT molecular complexity index is 6360. The third kappa shape index (κ3) is 17.9. The number of nitrogens with zero attached hydrogens (tertiary/aromatic N) is 15. The summed E-state index contributed by atoms with van der Waals surface area (Å²) < 4.78 is 59.4. The van der Waals surface area contributed by atoms with E-state index in [0.717, 1.165) is 107 Å². The topological polar surface area (TPSA) is 294 Å². The number of carbonyl (C=O) groups excluding carboxylic acids is 1. The Hall–Kier alpha value is -15.5. The summed E-state index contributed by atoms with van der Waals surface area (Å²) >= 11 is 0. The maximum absolute atomic E-state index is 13.7. The smallest absolute Gasteiger partial charge is 0.251 e. The number of likely N-dealkylation sites (N-methyl/N-ethyl adjacent to an activating group) is 1. The first-order valence-corrected chi connectivity index (χ1v) is 37.1. The van der Waals surface area contributed by atoms with Gasteiger partial charge in [0.2, 0.25) is 35.3 Å². The standard InChI is InChI=1S/C25H28N6O2.C24H21N5O3.C23H22N4O3.C17H12FN5/c1-17-8-9-21(33-4)15-22(17)28-25-27-16-19-10-12-31(23(19)29-25)20-7-5-6-18(14-20)24(32)26-11-13-30(2)3;1-30-19-12-17(13-20(31-2)22(19)32-3)27-24-26-14-16-9-11-29(23(16)28-24)18-8-4-6-15-7-5-10-25-21(15)18;1-5-15-6-8-18(9-7-15)27-11-10-16-14-24-23(26-22(16)27)25-17-12-19(28-2)21(30-4)20(13-17)29-3;18-13-5-1-2-6-14(13)21-17-20-11-12-8-10-23(16(12)22-17)15-7-3-4-9-19-15/h5-10,12,14-16H,11,13H2,1-4H3,(H,26,32)(H,27,28,29);4-14H,1-3H3,(H,26,27,28);5-14H,1H2,2-4H3,(H,24,25,26);1-11H,(H,20,21,22). The Morgan fingerprint density at radius 2 is 0.949 bits per heavy atom. The highest BCUT2D eigenvalue weighted by atomic mass is 19.1. The molecule has 0 spiro atoms. The van der Waals surface area contributed by atoms with Crippen LogP contribution < -0.4 is 59.7 Å². The van der Waals surface area contributed by atoms with Crippen molar-refractivity contribution in [2.24, 2.45) is 0 Å². The lowest BCUT2D eigenvalue weighted by Crippen LogP contribution is -2.31. The van der Waals surface area contributed by atoms with Crippen LogP contribution in [0.25, 0.3) is 84.0 Å². The fourth-order valence-corrected chi connectivity index (χ4v) is 12.8. The van der Waals surface area contributed by atoms with Crippen LogP contribution in [0.4, 0.5) is 50.9 Å². The Morgan fingerprint density at radius 3 is 1.48 bits per heavy atom. The number of benzene rings is 7. The summed E-state index contributed by atoms with van der Waals surface area (Å²) in [5.41, 5.74) is 12.1. The fourth-order valence-electron chi connectivity index (χ4n) is 12.8. The molecule has 1 amide bonds. The Morgan fingerprint density at radius 1 is 0.449 bits per heavy atom. The van der Waals surface area contributed by atoms with Crippen LogP contribution in [0, 0.1) is 12.7 Å². The summed E-state index contributed by atoms with van der Waals surface area (Å²) in [6.45, 7) is 7.19. The van der Waals surface area contributed by atoms with Gasteiger partial charge in [-0.3, -0.25) is 18.9 Å². The third-order valence-electron chi connectivity index (χ3n) is 18.8. The van der Waals surface area contributed by atoms with Gasteiger partial charge in [0.05, 0.1) is 66.7 Å². The highest BCUT2D eigenvalue weighted by Crippen LogP contribution is 2.42. The lowest BCUT2D eigenvalue weighted by molar-refractivity contribution is 0.0951. The zero-order chi connectivity index (χ0) is 82.2. The minimum absolute atomic E-state index is 0.0966. The molecule has 10 aromatic heterocycles. The second-order valence-corrected chi connectivity index (χ2v) is 26.6. The van der Waals surface area contributed by atoms with Crippen LogP contribution in [0.1, 0.15) is 21.5 Å². The van der Waals surface area contributed by atoms with Gasteiger partial charge >= 0.3 is 0 Å². The molecule has 10 heterocycles. The summed E-state index contributed by atoms with van der Waals surface area (Å²) in [6.07, 6.45) is 20.2. The SMILES string of the molecule is C=Cc1ccc(-n2ccc3cnc(Nc4cc(OC)c(OC)c(OC)c4)nc32)cc1.COc1cc(Nc2ncc3ccn(-c4cccc5cccnc45)c3n2)cc(OC)c1OC.COc1ccc(C)c(Nc2ncc3ccn(-c4cccc(C(=O)NCCN(C)C)c4)c3n2)c1.Fc1ccccc1Nc1ncc2ccn(-c3ccccn3)c2n1. The molecule has 0 saturated heterocycles. The van der Waals surface area contributed by atoms with Gasteiger partial charge in [-0.15, -0.1) is 0 Å². The first kappa shape index (κ1) is 79.1. The molecule has 0 saturated carbocycles. The fraction of sp³-hybridized carbons (Fsp3) is 0.135. The molecule has 28 nitrogen and oxygen atoms in total. The van der Waals surface area contributed by atoms with Gasteiger partial charge in [-0.2, -0.15) is 19.9 Å². The van der Waals surface area contributed by atoms with Crippen LogP contribution >= 0.6 is 0 Å². The predicted molar refractivity (Wildman–Crippen MR) is 459 cm³/mol. The number of pyridine rings is 2. The van der Waals surface area contributed by atoms with Crippen LogP contribution in [0.5, 0.6) is 40.2 Å². The van der Waals surface area contributed by atoms with Crippen LogP contribution in [0.15, 0.2) is 257 Å². The van der Waals surface area contributed by atoms with E-state index in [2.05, 4.69) is 68.1 Å². The number of hydrogen-bond acceptors (Lipinski definition) is 23. The zero-order valence-corrected chi connectivity index (χ0v) is 66.2. The van der Waals surface area contributed by atoms with Gasteiger partial charge in [-0.1, -0.05) is 73.3 Å². The quantitative estimate of drug-likeness (QED) is 0.0375. The van der Waals surface area contributed by atoms with Crippen molar-refractivity contribution < 1.29 is 42.3 Å². The van der Waals surface area contributed by atoms with Crippen molar-refractivity contribution in [1.29, 1.82) is 0 Å². The maximum atomic E-state index is 13.7. The molecule has 0 aliphatic rings. The molecule has 17 rings (SSSR count). The van der Waals surface area contributed by atoms with Gasteiger partial charge in [-0.25, -0.2) is 29.3 Å². The number of aromatic nitrogens is 14. The zero-order valence-electron chi connectivity index (χ0n) is 66.2. The van der Waals surface area contributed by atoms with E-state index >= 15 is 0 Å². The van der Waals surface area contributed by atoms with Crippen LogP contribution in [-0.4, -0.2) is 156 Å². The summed E-state index contributed by atoms with van der Waals surface area (Å²) in [5.74, 6) is 6.02. The molecule has 5 N–H and O–H groups in total. The van der Waals surface area contributed by atoms with Gasteiger partial charge in [0.1, 0.15) is 34.3 Å². The molecule has 0 bridgehead atoms. The molecule has 594 valence electrons. The second kappa shape index (κ2) is 36.5. The van der Waals surface area contributed by atoms with Gasteiger partial charge in [0.25, 0.3) is 5.91 Å². The van der Waals surface area contributed by atoms with Crippen molar-refractivity contribution in [1.82, 2.24) is 78.3 Å². The number of rotatable bonds is 24. The number of carbonyl (C=O) groups is 1. The largest absolute Gasteiger partial charge is 0.497 e. The number of ether oxygens (including phenoxy) is 7. The molecule has 29 heteroatoms. The molecule has 17 aromatic rings. The third-order valence-corrected chi connectivity index (χ3v) is 18.8. The number of amides is 1. The van der Waals surface area contributed by atoms with Crippen molar-refractivity contribution >= 4 is 114 Å². The monoisotopic (exact) mass is 1580 g/mol. The van der Waals surface area contributed by atoms with Gasteiger partial charge < -0.3 is 73.8 Å². The van der Waals surface area contributed by atoms with Crippen molar-refractivity contribution in [3.8, 4) is 63.1 Å². The van der Waals surface area contributed by atoms with Crippen molar-refractivity contribution in [3.05, 3.63) is 279 Å². The maximum Gasteiger partial charge on any atom is 0.251 e. The second-order valence-electron chi connectivity index (χ2n) is 26.6. The normalized spacial score (nSPS) is 10.9. The minimum atomic E-state index is -0.351. The van der Waals surface area contributed by atoms with E-state index in [0.29, 0.717) is 87.4 Å². The van der Waals surface area contributed by atoms with Gasteiger partial charge in [0, 0.05) is 166 Å². The number of hydrogen-bond donors (Lipinski definition) is 5. The van der Waals surface area contributed by atoms with E-state index < -0.39 is 0 Å². The van der Waals surface area contributed by atoms with E-state index in [-0.39, 0.29) is 11.7 Å². The Labute approximate surface area is 678 Å². The van der Waals surface area contributed by atoms with Crippen molar-refractivity contribution in [2.45, 2.75) is 6.92 Å². The number of halogens is 1. The van der Waals surface area contributed by atoms with Gasteiger partial charge in [0.15, 0.2) is 28.6 Å². The number of nitrogens with one attached hydrogen (secondary N) is 5. The van der Waals surface area contributed by atoms with Gasteiger partial charge in [-0.05, 0) is 129 Å².